The molecule has 0 aliphatic heterocycles. The van der Waals surface area contributed by atoms with Gasteiger partial charge in [-0.15, -0.1) is 0 Å². The minimum Gasteiger partial charge on any atom is -0.494 e. The third-order valence-electron chi connectivity index (χ3n) is 3.90. The highest BCUT2D eigenvalue weighted by molar-refractivity contribution is 6.10. The van der Waals surface area contributed by atoms with E-state index >= 15 is 0 Å². The third-order valence-corrected chi connectivity index (χ3v) is 3.90. The van der Waals surface area contributed by atoms with Crippen molar-refractivity contribution in [1.82, 2.24) is 0 Å². The van der Waals surface area contributed by atoms with E-state index in [1.807, 2.05) is 6.92 Å². The average Bonchev–Trinajstić information content (AvgIpc) is 3.03. The highest BCUT2D eigenvalue weighted by atomic mass is 16.5. The predicted octanol–water partition coefficient (Wildman–Crippen LogP) is 3.99. The summed E-state index contributed by atoms with van der Waals surface area (Å²) in [6.07, 6.45) is 2.88. The first-order valence-electron chi connectivity index (χ1n) is 9.60. The second kappa shape index (κ2) is 10.8. The summed E-state index contributed by atoms with van der Waals surface area (Å²) in [5.74, 6) is -1.36. The number of anilines is 1. The van der Waals surface area contributed by atoms with E-state index in [0.717, 1.165) is 11.3 Å². The van der Waals surface area contributed by atoms with Gasteiger partial charge < -0.3 is 18.6 Å². The maximum Gasteiger partial charge on any atom is 0.344 e. The molecule has 30 heavy (non-hydrogen) atoms. The van der Waals surface area contributed by atoms with Crippen molar-refractivity contribution in [2.24, 2.45) is 0 Å². The quantitative estimate of drug-likeness (QED) is 0.488. The van der Waals surface area contributed by atoms with Crippen molar-refractivity contribution >= 4 is 29.8 Å². The van der Waals surface area contributed by atoms with E-state index in [1.54, 1.807) is 44.2 Å². The summed E-state index contributed by atoms with van der Waals surface area (Å²) in [4.78, 5) is 37.0. The lowest BCUT2D eigenvalue weighted by Crippen LogP contribution is -2.16. The van der Waals surface area contributed by atoms with Crippen molar-refractivity contribution in [2.45, 2.75) is 27.7 Å². The van der Waals surface area contributed by atoms with E-state index in [4.69, 9.17) is 18.6 Å². The van der Waals surface area contributed by atoms with Crippen molar-refractivity contribution in [3.8, 4) is 5.75 Å². The monoisotopic (exact) mass is 415 g/mol. The Labute approximate surface area is 174 Å². The van der Waals surface area contributed by atoms with Gasteiger partial charge in [-0.1, -0.05) is 12.1 Å². The molecule has 1 heterocycles. The molecule has 8 heteroatoms. The number of benzene rings is 1. The zero-order valence-electron chi connectivity index (χ0n) is 17.4. The lowest BCUT2D eigenvalue weighted by molar-refractivity contribution is -0.111. The van der Waals surface area contributed by atoms with Crippen molar-refractivity contribution in [3.63, 3.8) is 0 Å². The smallest absolute Gasteiger partial charge is 0.344 e. The molecule has 0 atom stereocenters. The first-order chi connectivity index (χ1) is 14.4. The molecule has 0 aliphatic rings. The molecule has 0 fully saturated rings. The van der Waals surface area contributed by atoms with Crippen LogP contribution in [-0.2, 0) is 14.3 Å². The minimum atomic E-state index is -0.789. The largest absolute Gasteiger partial charge is 0.494 e. The van der Waals surface area contributed by atoms with Crippen LogP contribution in [-0.4, -0.2) is 37.7 Å². The topological polar surface area (TPSA) is 104 Å². The number of esters is 2. The van der Waals surface area contributed by atoms with Gasteiger partial charge in [-0.25, -0.2) is 9.59 Å². The van der Waals surface area contributed by atoms with Gasteiger partial charge in [0.25, 0.3) is 5.91 Å². The summed E-state index contributed by atoms with van der Waals surface area (Å²) >= 11 is 0. The highest BCUT2D eigenvalue weighted by Crippen LogP contribution is 2.29. The van der Waals surface area contributed by atoms with Gasteiger partial charge >= 0.3 is 11.9 Å². The fraction of sp³-hybridized carbons (Fsp3) is 0.318. The van der Waals surface area contributed by atoms with Gasteiger partial charge in [0.05, 0.1) is 19.8 Å². The fourth-order valence-corrected chi connectivity index (χ4v) is 2.65. The minimum absolute atomic E-state index is 0.0684. The Morgan fingerprint density at radius 1 is 0.933 bits per heavy atom. The number of rotatable bonds is 9. The normalized spacial score (nSPS) is 10.7. The summed E-state index contributed by atoms with van der Waals surface area (Å²) in [7, 11) is 0. The van der Waals surface area contributed by atoms with E-state index in [-0.39, 0.29) is 36.0 Å². The average molecular weight is 415 g/mol. The van der Waals surface area contributed by atoms with Crippen LogP contribution >= 0.6 is 0 Å². The fourth-order valence-electron chi connectivity index (χ4n) is 2.65. The molecule has 0 radical (unpaired) electrons. The highest BCUT2D eigenvalue weighted by Gasteiger charge is 2.31. The molecule has 2 rings (SSSR count). The van der Waals surface area contributed by atoms with Crippen LogP contribution in [0.3, 0.4) is 0 Å². The lowest BCUT2D eigenvalue weighted by atomic mass is 10.1. The molecule has 1 aromatic carbocycles. The summed E-state index contributed by atoms with van der Waals surface area (Å²) in [6, 6.07) is 7.19. The molecule has 0 saturated carbocycles. The van der Waals surface area contributed by atoms with E-state index in [1.165, 1.54) is 13.0 Å². The Kier molecular flexibility index (Phi) is 8.22. The van der Waals surface area contributed by atoms with Crippen LogP contribution in [0.1, 0.15) is 52.8 Å². The Morgan fingerprint density at radius 2 is 1.53 bits per heavy atom. The van der Waals surface area contributed by atoms with Gasteiger partial charge in [0.1, 0.15) is 22.6 Å². The third kappa shape index (κ3) is 5.73. The van der Waals surface area contributed by atoms with Crippen molar-refractivity contribution in [2.75, 3.05) is 25.1 Å². The first-order valence-corrected chi connectivity index (χ1v) is 9.60. The molecule has 0 unspecified atom stereocenters. The number of hydrogen-bond acceptors (Lipinski definition) is 7. The number of carbonyl (C=O) groups excluding carboxylic acids is 3. The predicted molar refractivity (Wildman–Crippen MR) is 111 cm³/mol. The zero-order chi connectivity index (χ0) is 22.1. The Hall–Kier alpha value is -3.55. The summed E-state index contributed by atoms with van der Waals surface area (Å²) in [5, 5.41) is 2.48. The molecule has 1 aromatic heterocycles. The molecule has 160 valence electrons. The van der Waals surface area contributed by atoms with Crippen LogP contribution in [0.5, 0.6) is 5.75 Å². The van der Waals surface area contributed by atoms with Gasteiger partial charge in [0.15, 0.2) is 0 Å². The van der Waals surface area contributed by atoms with Crippen LogP contribution in [0.2, 0.25) is 0 Å². The Bertz CT molecular complexity index is 926. The van der Waals surface area contributed by atoms with Crippen LogP contribution in [0.4, 0.5) is 5.88 Å². The van der Waals surface area contributed by atoms with Gasteiger partial charge in [-0.3, -0.25) is 10.1 Å². The van der Waals surface area contributed by atoms with Crippen molar-refractivity contribution < 1.29 is 33.0 Å². The number of ether oxygens (including phenoxy) is 3. The van der Waals surface area contributed by atoms with Crippen LogP contribution in [0.25, 0.3) is 6.08 Å². The number of nitrogens with one attached hydrogen (secondary N) is 1. The molecule has 0 aliphatic carbocycles. The molecule has 1 amide bonds. The van der Waals surface area contributed by atoms with Gasteiger partial charge in [-0.05, 0) is 51.5 Å². The molecular formula is C22H25NO7. The molecular weight excluding hydrogens is 390 g/mol. The van der Waals surface area contributed by atoms with Crippen LogP contribution in [0, 0.1) is 6.92 Å². The lowest BCUT2D eigenvalue weighted by Gasteiger charge is -2.06. The number of furan rings is 1. The molecule has 0 saturated heterocycles. The Balaban J connectivity index is 2.23. The van der Waals surface area contributed by atoms with E-state index in [2.05, 4.69) is 5.32 Å². The van der Waals surface area contributed by atoms with Crippen LogP contribution in [0.15, 0.2) is 34.8 Å². The van der Waals surface area contributed by atoms with E-state index < -0.39 is 17.8 Å². The molecule has 2 aromatic rings. The summed E-state index contributed by atoms with van der Waals surface area (Å²) in [5.41, 5.74) is 0.541. The molecule has 0 spiro atoms. The standard InChI is InChI=1S/C22H25NO7/c1-5-27-16-11-8-15(9-12-16)10-13-17(24)23-20-19(22(26)29-7-3)18(14(4)30-20)21(25)28-6-2/h8-13H,5-7H2,1-4H3,(H,23,24)/b13-10+. The van der Waals surface area contributed by atoms with Crippen LogP contribution < -0.4 is 10.1 Å². The summed E-state index contributed by atoms with van der Waals surface area (Å²) < 4.78 is 20.8. The molecule has 0 bridgehead atoms. The Morgan fingerprint density at radius 3 is 2.10 bits per heavy atom. The maximum atomic E-state index is 12.4. The van der Waals surface area contributed by atoms with Gasteiger partial charge in [0, 0.05) is 6.08 Å². The second-order valence-electron chi connectivity index (χ2n) is 6.00. The first kappa shape index (κ1) is 22.7. The zero-order valence-corrected chi connectivity index (χ0v) is 17.4. The van der Waals surface area contributed by atoms with E-state index in [9.17, 15) is 14.4 Å². The number of carbonyl (C=O) groups is 3. The maximum absolute atomic E-state index is 12.4. The number of aryl methyl sites for hydroxylation is 1. The van der Waals surface area contributed by atoms with Crippen molar-refractivity contribution in [1.29, 1.82) is 0 Å². The van der Waals surface area contributed by atoms with Crippen molar-refractivity contribution in [3.05, 3.63) is 52.8 Å². The molecule has 1 N–H and O–H groups in total. The van der Waals surface area contributed by atoms with Gasteiger partial charge in [0.2, 0.25) is 5.88 Å². The van der Waals surface area contributed by atoms with Gasteiger partial charge in [-0.2, -0.15) is 0 Å². The second-order valence-corrected chi connectivity index (χ2v) is 6.00. The summed E-state index contributed by atoms with van der Waals surface area (Å²) in [6.45, 7) is 7.45. The van der Waals surface area contributed by atoms with E-state index in [0.29, 0.717) is 6.61 Å². The SMILES string of the molecule is CCOC(=O)c1c(C)oc(NC(=O)/C=C/c2ccc(OCC)cc2)c1C(=O)OCC. The number of amides is 1. The molecule has 8 nitrogen and oxygen atoms in total. The number of hydrogen-bond donors (Lipinski definition) is 1.